The zero-order valence-corrected chi connectivity index (χ0v) is 16.4. The summed E-state index contributed by atoms with van der Waals surface area (Å²) in [5.41, 5.74) is 5.18. The van der Waals surface area contributed by atoms with Crippen molar-refractivity contribution in [1.29, 1.82) is 0 Å². The number of pyridine rings is 1. The first kappa shape index (κ1) is 18.0. The Kier molecular flexibility index (Phi) is 4.47. The molecule has 0 unspecified atom stereocenters. The van der Waals surface area contributed by atoms with E-state index in [-0.39, 0.29) is 5.56 Å². The molecule has 6 heteroatoms. The van der Waals surface area contributed by atoms with E-state index in [2.05, 4.69) is 4.98 Å². The quantitative estimate of drug-likeness (QED) is 0.544. The van der Waals surface area contributed by atoms with Crippen LogP contribution in [0.15, 0.2) is 53.5 Å². The summed E-state index contributed by atoms with van der Waals surface area (Å²) >= 11 is 0. The van der Waals surface area contributed by atoms with Gasteiger partial charge in [-0.1, -0.05) is 18.2 Å². The molecule has 142 valence electrons. The fraction of sp³-hybridized carbons (Fsp3) is 0.227. The van der Waals surface area contributed by atoms with E-state index in [1.807, 2.05) is 68.8 Å². The summed E-state index contributed by atoms with van der Waals surface area (Å²) in [5, 5.41) is 4.73. The van der Waals surface area contributed by atoms with Gasteiger partial charge in [0.15, 0.2) is 11.4 Å². The van der Waals surface area contributed by atoms with E-state index in [1.165, 1.54) is 4.40 Å². The molecule has 4 rings (SSSR count). The molecule has 0 N–H and O–H groups in total. The number of rotatable bonds is 4. The minimum Gasteiger partial charge on any atom is -0.490 e. The summed E-state index contributed by atoms with van der Waals surface area (Å²) in [6.45, 7) is 8.28. The molecule has 0 bridgehead atoms. The standard InChI is InChI=1S/C22H22N4O2/c1-5-28-19-11-8-12-25-21(19)23-16(4)20(22(25)27)17-13-15(3)26(24-17)18-10-7-6-9-14(18)2/h6-13H,5H2,1-4H3. The molecule has 1 aromatic carbocycles. The Labute approximate surface area is 163 Å². The van der Waals surface area contributed by atoms with Crippen molar-refractivity contribution in [3.63, 3.8) is 0 Å². The molecule has 0 aliphatic heterocycles. The van der Waals surface area contributed by atoms with Gasteiger partial charge in [0.1, 0.15) is 5.69 Å². The minimum atomic E-state index is -0.154. The SMILES string of the molecule is CCOc1cccn2c(=O)c(-c3cc(C)n(-c4ccccc4C)n3)c(C)nc12. The fourth-order valence-electron chi connectivity index (χ4n) is 3.45. The second kappa shape index (κ2) is 6.96. The minimum absolute atomic E-state index is 0.154. The topological polar surface area (TPSA) is 61.4 Å². The van der Waals surface area contributed by atoms with Crippen LogP contribution in [0.3, 0.4) is 0 Å². The average molecular weight is 374 g/mol. The zero-order valence-electron chi connectivity index (χ0n) is 16.4. The van der Waals surface area contributed by atoms with Crippen LogP contribution in [-0.4, -0.2) is 25.8 Å². The lowest BCUT2D eigenvalue weighted by Crippen LogP contribution is -2.19. The third-order valence-electron chi connectivity index (χ3n) is 4.79. The third kappa shape index (κ3) is 2.87. The van der Waals surface area contributed by atoms with E-state index in [0.717, 1.165) is 16.9 Å². The van der Waals surface area contributed by atoms with Gasteiger partial charge in [-0.05, 0) is 57.5 Å². The Hall–Kier alpha value is -3.41. The van der Waals surface area contributed by atoms with E-state index >= 15 is 0 Å². The number of aryl methyl sites for hydroxylation is 3. The molecule has 0 saturated carbocycles. The van der Waals surface area contributed by atoms with Gasteiger partial charge in [0, 0.05) is 11.9 Å². The maximum Gasteiger partial charge on any atom is 0.267 e. The molecule has 0 aliphatic carbocycles. The molecule has 0 spiro atoms. The van der Waals surface area contributed by atoms with Crippen LogP contribution in [0.25, 0.3) is 22.6 Å². The average Bonchev–Trinajstić information content (AvgIpc) is 3.04. The number of aromatic nitrogens is 4. The molecule has 6 nitrogen and oxygen atoms in total. The maximum atomic E-state index is 13.2. The second-order valence-electron chi connectivity index (χ2n) is 6.75. The van der Waals surface area contributed by atoms with Gasteiger partial charge in [0.2, 0.25) is 0 Å². The van der Waals surface area contributed by atoms with Crippen LogP contribution >= 0.6 is 0 Å². The molecule has 3 aromatic heterocycles. The van der Waals surface area contributed by atoms with Gasteiger partial charge in [-0.25, -0.2) is 9.67 Å². The molecule has 0 amide bonds. The summed E-state index contributed by atoms with van der Waals surface area (Å²) in [5.74, 6) is 0.596. The van der Waals surface area contributed by atoms with Crippen molar-refractivity contribution in [2.45, 2.75) is 27.7 Å². The lowest BCUT2D eigenvalue weighted by Gasteiger charge is -2.10. The molecule has 4 aromatic rings. The summed E-state index contributed by atoms with van der Waals surface area (Å²) in [6, 6.07) is 13.6. The molecule has 0 atom stereocenters. The fourth-order valence-corrected chi connectivity index (χ4v) is 3.45. The number of hydrogen-bond acceptors (Lipinski definition) is 4. The Morgan fingerprint density at radius 3 is 2.61 bits per heavy atom. The number of benzene rings is 1. The van der Waals surface area contributed by atoms with Gasteiger partial charge in [-0.2, -0.15) is 5.10 Å². The molecule has 0 fully saturated rings. The van der Waals surface area contributed by atoms with Crippen LogP contribution in [0.2, 0.25) is 0 Å². The van der Waals surface area contributed by atoms with Crippen LogP contribution in [0.1, 0.15) is 23.9 Å². The van der Waals surface area contributed by atoms with E-state index in [1.54, 1.807) is 12.3 Å². The number of hydrogen-bond donors (Lipinski definition) is 0. The molecular formula is C22H22N4O2. The van der Waals surface area contributed by atoms with Crippen LogP contribution < -0.4 is 10.3 Å². The molecule has 0 saturated heterocycles. The molecular weight excluding hydrogens is 352 g/mol. The van der Waals surface area contributed by atoms with E-state index < -0.39 is 0 Å². The highest BCUT2D eigenvalue weighted by Gasteiger charge is 2.18. The van der Waals surface area contributed by atoms with Crippen molar-refractivity contribution >= 4 is 5.65 Å². The largest absolute Gasteiger partial charge is 0.490 e. The summed E-state index contributed by atoms with van der Waals surface area (Å²) in [6.07, 6.45) is 1.71. The first-order valence-electron chi connectivity index (χ1n) is 9.29. The number of fused-ring (bicyclic) bond motifs is 1. The highest BCUT2D eigenvalue weighted by Crippen LogP contribution is 2.24. The van der Waals surface area contributed by atoms with E-state index in [0.29, 0.717) is 35.0 Å². The number of nitrogens with zero attached hydrogens (tertiary/aromatic N) is 4. The van der Waals surface area contributed by atoms with Gasteiger partial charge in [-0.3, -0.25) is 9.20 Å². The van der Waals surface area contributed by atoms with Crippen molar-refractivity contribution in [2.75, 3.05) is 6.61 Å². The molecule has 0 aliphatic rings. The molecule has 28 heavy (non-hydrogen) atoms. The van der Waals surface area contributed by atoms with Gasteiger partial charge in [-0.15, -0.1) is 0 Å². The van der Waals surface area contributed by atoms with Crippen LogP contribution in [0.4, 0.5) is 0 Å². The predicted molar refractivity (Wildman–Crippen MR) is 109 cm³/mol. The Bertz CT molecular complexity index is 1240. The van der Waals surface area contributed by atoms with Crippen molar-refractivity contribution in [2.24, 2.45) is 0 Å². The lowest BCUT2D eigenvalue weighted by atomic mass is 10.1. The van der Waals surface area contributed by atoms with Gasteiger partial charge in [0.25, 0.3) is 5.56 Å². The van der Waals surface area contributed by atoms with Crippen molar-refractivity contribution in [1.82, 2.24) is 19.2 Å². The third-order valence-corrected chi connectivity index (χ3v) is 4.79. The summed E-state index contributed by atoms with van der Waals surface area (Å²) in [7, 11) is 0. The monoisotopic (exact) mass is 374 g/mol. The maximum absolute atomic E-state index is 13.2. The number of para-hydroxylation sites is 1. The van der Waals surface area contributed by atoms with Gasteiger partial charge >= 0.3 is 0 Å². The first-order valence-corrected chi connectivity index (χ1v) is 9.29. The van der Waals surface area contributed by atoms with E-state index in [4.69, 9.17) is 9.84 Å². The first-order chi connectivity index (χ1) is 13.5. The van der Waals surface area contributed by atoms with Crippen molar-refractivity contribution in [3.05, 3.63) is 76.0 Å². The summed E-state index contributed by atoms with van der Waals surface area (Å²) in [4.78, 5) is 17.9. The van der Waals surface area contributed by atoms with Crippen molar-refractivity contribution < 1.29 is 4.74 Å². The predicted octanol–water partition coefficient (Wildman–Crippen LogP) is 3.87. The Morgan fingerprint density at radius 2 is 1.86 bits per heavy atom. The Balaban J connectivity index is 1.93. The zero-order chi connectivity index (χ0) is 19.8. The van der Waals surface area contributed by atoms with Gasteiger partial charge in [0.05, 0.1) is 23.6 Å². The van der Waals surface area contributed by atoms with Crippen LogP contribution in [-0.2, 0) is 0 Å². The van der Waals surface area contributed by atoms with Crippen LogP contribution in [0, 0.1) is 20.8 Å². The van der Waals surface area contributed by atoms with Crippen molar-refractivity contribution in [3.8, 4) is 22.7 Å². The highest BCUT2D eigenvalue weighted by atomic mass is 16.5. The highest BCUT2D eigenvalue weighted by molar-refractivity contribution is 5.66. The van der Waals surface area contributed by atoms with Gasteiger partial charge < -0.3 is 4.74 Å². The molecule has 0 radical (unpaired) electrons. The second-order valence-corrected chi connectivity index (χ2v) is 6.75. The summed E-state index contributed by atoms with van der Waals surface area (Å²) < 4.78 is 9.02. The number of ether oxygens (including phenoxy) is 1. The smallest absolute Gasteiger partial charge is 0.267 e. The lowest BCUT2D eigenvalue weighted by molar-refractivity contribution is 0.342. The normalized spacial score (nSPS) is 11.1. The van der Waals surface area contributed by atoms with Crippen LogP contribution in [0.5, 0.6) is 5.75 Å². The van der Waals surface area contributed by atoms with E-state index in [9.17, 15) is 4.79 Å². The molecule has 3 heterocycles. The Morgan fingerprint density at radius 1 is 1.07 bits per heavy atom.